The standard InChI is InChI=1S/C14H19NO3/c1-3-15(4-2)14(17)12-7-5-8-13(11-12)18-10-6-9-16/h5,7-9,11H,3-4,6,10H2,1-2H3. The van der Waals surface area contributed by atoms with Crippen molar-refractivity contribution in [3.63, 3.8) is 0 Å². The van der Waals surface area contributed by atoms with Crippen molar-refractivity contribution >= 4 is 12.2 Å². The van der Waals surface area contributed by atoms with Crippen molar-refractivity contribution in [2.24, 2.45) is 0 Å². The Kier molecular flexibility index (Phi) is 5.91. The molecule has 4 heteroatoms. The van der Waals surface area contributed by atoms with Crippen LogP contribution in [0.2, 0.25) is 0 Å². The Morgan fingerprint density at radius 1 is 1.33 bits per heavy atom. The zero-order valence-electron chi connectivity index (χ0n) is 10.9. The number of ether oxygens (including phenoxy) is 1. The first kappa shape index (κ1) is 14.2. The van der Waals surface area contributed by atoms with Gasteiger partial charge in [-0.1, -0.05) is 6.07 Å². The van der Waals surface area contributed by atoms with E-state index in [-0.39, 0.29) is 5.91 Å². The molecule has 0 bridgehead atoms. The zero-order chi connectivity index (χ0) is 13.4. The highest BCUT2D eigenvalue weighted by molar-refractivity contribution is 5.94. The fourth-order valence-corrected chi connectivity index (χ4v) is 1.64. The molecule has 0 unspecified atom stereocenters. The Morgan fingerprint density at radius 2 is 2.06 bits per heavy atom. The average molecular weight is 249 g/mol. The van der Waals surface area contributed by atoms with E-state index >= 15 is 0 Å². The summed E-state index contributed by atoms with van der Waals surface area (Å²) in [6, 6.07) is 7.05. The van der Waals surface area contributed by atoms with Gasteiger partial charge < -0.3 is 14.4 Å². The summed E-state index contributed by atoms with van der Waals surface area (Å²) in [6.45, 7) is 5.61. The molecule has 0 aliphatic rings. The first-order chi connectivity index (χ1) is 8.72. The number of rotatable bonds is 7. The van der Waals surface area contributed by atoms with Crippen LogP contribution >= 0.6 is 0 Å². The summed E-state index contributed by atoms with van der Waals surface area (Å²) in [5.74, 6) is 0.621. The van der Waals surface area contributed by atoms with Crippen LogP contribution in [0.1, 0.15) is 30.6 Å². The van der Waals surface area contributed by atoms with Gasteiger partial charge in [-0.25, -0.2) is 0 Å². The molecule has 0 heterocycles. The predicted octanol–water partition coefficient (Wildman–Crippen LogP) is 2.14. The van der Waals surface area contributed by atoms with Crippen molar-refractivity contribution in [2.45, 2.75) is 20.3 Å². The number of nitrogens with zero attached hydrogens (tertiary/aromatic N) is 1. The van der Waals surface area contributed by atoms with E-state index in [2.05, 4.69) is 0 Å². The maximum absolute atomic E-state index is 12.1. The Balaban J connectivity index is 2.74. The van der Waals surface area contributed by atoms with Gasteiger partial charge in [-0.2, -0.15) is 0 Å². The number of hydrogen-bond acceptors (Lipinski definition) is 3. The molecule has 0 aliphatic carbocycles. The maximum Gasteiger partial charge on any atom is 0.253 e. The first-order valence-electron chi connectivity index (χ1n) is 6.18. The molecule has 0 saturated heterocycles. The van der Waals surface area contributed by atoms with Gasteiger partial charge >= 0.3 is 0 Å². The number of aldehydes is 1. The summed E-state index contributed by atoms with van der Waals surface area (Å²) >= 11 is 0. The van der Waals surface area contributed by atoms with E-state index in [9.17, 15) is 9.59 Å². The third-order valence-electron chi connectivity index (χ3n) is 2.64. The molecule has 0 saturated carbocycles. The van der Waals surface area contributed by atoms with Crippen molar-refractivity contribution in [1.82, 2.24) is 4.90 Å². The summed E-state index contributed by atoms with van der Waals surface area (Å²) in [6.07, 6.45) is 1.17. The fourth-order valence-electron chi connectivity index (χ4n) is 1.64. The Bertz CT molecular complexity index is 400. The molecule has 4 nitrogen and oxygen atoms in total. The number of carbonyl (C=O) groups is 2. The second-order valence-electron chi connectivity index (χ2n) is 3.81. The predicted molar refractivity (Wildman–Crippen MR) is 69.9 cm³/mol. The van der Waals surface area contributed by atoms with Gasteiger partial charge in [0.05, 0.1) is 6.61 Å². The van der Waals surface area contributed by atoms with Crippen LogP contribution in [0.3, 0.4) is 0 Å². The molecule has 1 rings (SSSR count). The van der Waals surface area contributed by atoms with Gasteiger partial charge in [-0.15, -0.1) is 0 Å². The molecule has 0 atom stereocenters. The molecule has 0 N–H and O–H groups in total. The second-order valence-corrected chi connectivity index (χ2v) is 3.81. The summed E-state index contributed by atoms with van der Waals surface area (Å²) in [5.41, 5.74) is 0.613. The van der Waals surface area contributed by atoms with Gasteiger partial charge in [-0.05, 0) is 32.0 Å². The van der Waals surface area contributed by atoms with Crippen LogP contribution in [0, 0.1) is 0 Å². The van der Waals surface area contributed by atoms with Crippen LogP contribution in [-0.2, 0) is 4.79 Å². The molecule has 0 fully saturated rings. The van der Waals surface area contributed by atoms with Crippen molar-refractivity contribution in [3.05, 3.63) is 29.8 Å². The Labute approximate surface area is 108 Å². The Morgan fingerprint density at radius 3 is 2.67 bits per heavy atom. The minimum atomic E-state index is 0.000775. The molecule has 98 valence electrons. The van der Waals surface area contributed by atoms with E-state index in [1.807, 2.05) is 13.8 Å². The lowest BCUT2D eigenvalue weighted by Crippen LogP contribution is -2.30. The lowest BCUT2D eigenvalue weighted by Gasteiger charge is -2.18. The molecule has 0 aliphatic heterocycles. The van der Waals surface area contributed by atoms with Crippen LogP contribution in [0.15, 0.2) is 24.3 Å². The van der Waals surface area contributed by atoms with E-state index in [1.54, 1.807) is 29.2 Å². The fraction of sp³-hybridized carbons (Fsp3) is 0.429. The highest BCUT2D eigenvalue weighted by atomic mass is 16.5. The average Bonchev–Trinajstić information content (AvgIpc) is 2.41. The summed E-state index contributed by atoms with van der Waals surface area (Å²) < 4.78 is 5.38. The van der Waals surface area contributed by atoms with E-state index in [0.717, 1.165) is 6.29 Å². The lowest BCUT2D eigenvalue weighted by molar-refractivity contribution is -0.108. The number of amides is 1. The monoisotopic (exact) mass is 249 g/mol. The highest BCUT2D eigenvalue weighted by Gasteiger charge is 2.12. The largest absolute Gasteiger partial charge is 0.493 e. The van der Waals surface area contributed by atoms with E-state index in [0.29, 0.717) is 37.4 Å². The number of benzene rings is 1. The summed E-state index contributed by atoms with van der Waals surface area (Å²) in [7, 11) is 0. The molecular formula is C14H19NO3. The van der Waals surface area contributed by atoms with Crippen LogP contribution in [0.4, 0.5) is 0 Å². The highest BCUT2D eigenvalue weighted by Crippen LogP contribution is 2.15. The third kappa shape index (κ3) is 3.87. The van der Waals surface area contributed by atoms with E-state index < -0.39 is 0 Å². The number of carbonyl (C=O) groups excluding carboxylic acids is 2. The quantitative estimate of drug-likeness (QED) is 0.549. The van der Waals surface area contributed by atoms with Crippen LogP contribution < -0.4 is 4.74 Å². The van der Waals surface area contributed by atoms with Crippen molar-refractivity contribution < 1.29 is 14.3 Å². The Hall–Kier alpha value is -1.84. The van der Waals surface area contributed by atoms with Crippen LogP contribution in [-0.4, -0.2) is 36.8 Å². The van der Waals surface area contributed by atoms with Crippen LogP contribution in [0.25, 0.3) is 0 Å². The first-order valence-corrected chi connectivity index (χ1v) is 6.18. The van der Waals surface area contributed by atoms with Gasteiger partial charge in [0, 0.05) is 25.1 Å². The summed E-state index contributed by atoms with van der Waals surface area (Å²) in [5, 5.41) is 0. The molecule has 0 spiro atoms. The topological polar surface area (TPSA) is 46.6 Å². The number of hydrogen-bond donors (Lipinski definition) is 0. The van der Waals surface area contributed by atoms with Crippen LogP contribution in [0.5, 0.6) is 5.75 Å². The minimum Gasteiger partial charge on any atom is -0.493 e. The molecule has 0 aromatic heterocycles. The van der Waals surface area contributed by atoms with Gasteiger partial charge in [0.2, 0.25) is 0 Å². The van der Waals surface area contributed by atoms with Gasteiger partial charge in [0.15, 0.2) is 0 Å². The van der Waals surface area contributed by atoms with E-state index in [4.69, 9.17) is 4.74 Å². The maximum atomic E-state index is 12.1. The second kappa shape index (κ2) is 7.48. The molecule has 1 aromatic carbocycles. The normalized spacial score (nSPS) is 9.89. The van der Waals surface area contributed by atoms with Gasteiger partial charge in [0.25, 0.3) is 5.91 Å². The lowest BCUT2D eigenvalue weighted by atomic mass is 10.2. The van der Waals surface area contributed by atoms with Gasteiger partial charge in [-0.3, -0.25) is 4.79 Å². The SMILES string of the molecule is CCN(CC)C(=O)c1cccc(OCCC=O)c1. The molecule has 18 heavy (non-hydrogen) atoms. The minimum absolute atomic E-state index is 0.000775. The third-order valence-corrected chi connectivity index (χ3v) is 2.64. The smallest absolute Gasteiger partial charge is 0.253 e. The molecule has 1 aromatic rings. The van der Waals surface area contributed by atoms with Gasteiger partial charge in [0.1, 0.15) is 12.0 Å². The summed E-state index contributed by atoms with van der Waals surface area (Å²) in [4.78, 5) is 24.1. The van der Waals surface area contributed by atoms with Crippen molar-refractivity contribution in [2.75, 3.05) is 19.7 Å². The molecule has 1 amide bonds. The zero-order valence-corrected chi connectivity index (χ0v) is 10.9. The van der Waals surface area contributed by atoms with E-state index in [1.165, 1.54) is 0 Å². The molecular weight excluding hydrogens is 230 g/mol. The van der Waals surface area contributed by atoms with Crippen molar-refractivity contribution in [3.8, 4) is 5.75 Å². The van der Waals surface area contributed by atoms with Crippen molar-refractivity contribution in [1.29, 1.82) is 0 Å². The molecule has 0 radical (unpaired) electrons.